The first-order valence-electron chi connectivity index (χ1n) is 11.1. The molecular weight excluding hydrogens is 408 g/mol. The SMILES string of the molecule is CCCCCCCC1=CC=C(c2cc(F)c(C(=O)Oc3ccc(C#N)cc3)c(F)c2)CC1. The van der Waals surface area contributed by atoms with Crippen molar-refractivity contribution >= 4 is 11.5 Å². The summed E-state index contributed by atoms with van der Waals surface area (Å²) in [5.41, 5.74) is 2.32. The summed E-state index contributed by atoms with van der Waals surface area (Å²) in [5, 5.41) is 8.81. The molecule has 0 amide bonds. The number of carbonyl (C=O) groups excluding carboxylic acids is 1. The number of unbranched alkanes of at least 4 members (excludes halogenated alkanes) is 4. The summed E-state index contributed by atoms with van der Waals surface area (Å²) in [6, 6.07) is 10.0. The number of rotatable bonds is 9. The van der Waals surface area contributed by atoms with Gasteiger partial charge in [-0.15, -0.1) is 0 Å². The first kappa shape index (κ1) is 23.4. The predicted molar refractivity (Wildman–Crippen MR) is 121 cm³/mol. The van der Waals surface area contributed by atoms with Crippen LogP contribution in [0.3, 0.4) is 0 Å². The predicted octanol–water partition coefficient (Wildman–Crippen LogP) is 7.52. The summed E-state index contributed by atoms with van der Waals surface area (Å²) in [5.74, 6) is -2.91. The number of esters is 1. The van der Waals surface area contributed by atoms with Gasteiger partial charge in [-0.2, -0.15) is 5.26 Å². The monoisotopic (exact) mass is 435 g/mol. The summed E-state index contributed by atoms with van der Waals surface area (Å²) in [6.45, 7) is 2.20. The van der Waals surface area contributed by atoms with Crippen LogP contribution < -0.4 is 4.74 Å². The molecule has 0 N–H and O–H groups in total. The lowest BCUT2D eigenvalue weighted by atomic mass is 9.90. The van der Waals surface area contributed by atoms with Gasteiger partial charge in [0.1, 0.15) is 22.9 Å². The minimum absolute atomic E-state index is 0.110. The van der Waals surface area contributed by atoms with Crippen molar-refractivity contribution in [3.63, 3.8) is 0 Å². The average Bonchev–Trinajstić information content (AvgIpc) is 2.79. The van der Waals surface area contributed by atoms with Crippen LogP contribution in [-0.2, 0) is 0 Å². The largest absolute Gasteiger partial charge is 0.423 e. The van der Waals surface area contributed by atoms with Crippen LogP contribution in [0.25, 0.3) is 5.57 Å². The van der Waals surface area contributed by atoms with Gasteiger partial charge in [-0.3, -0.25) is 0 Å². The number of nitriles is 1. The zero-order valence-electron chi connectivity index (χ0n) is 18.3. The highest BCUT2D eigenvalue weighted by molar-refractivity contribution is 5.92. The van der Waals surface area contributed by atoms with Gasteiger partial charge in [-0.05, 0) is 73.2 Å². The van der Waals surface area contributed by atoms with Gasteiger partial charge in [0.05, 0.1) is 11.6 Å². The van der Waals surface area contributed by atoms with Crippen molar-refractivity contribution in [1.82, 2.24) is 0 Å². The van der Waals surface area contributed by atoms with E-state index in [0.29, 0.717) is 17.5 Å². The van der Waals surface area contributed by atoms with Crippen LogP contribution in [0.4, 0.5) is 8.78 Å². The van der Waals surface area contributed by atoms with E-state index in [1.165, 1.54) is 74.1 Å². The highest BCUT2D eigenvalue weighted by Gasteiger charge is 2.22. The Morgan fingerprint density at radius 2 is 1.69 bits per heavy atom. The van der Waals surface area contributed by atoms with Gasteiger partial charge in [0.25, 0.3) is 0 Å². The van der Waals surface area contributed by atoms with Crippen LogP contribution in [0.2, 0.25) is 0 Å². The maximum absolute atomic E-state index is 14.7. The van der Waals surface area contributed by atoms with Gasteiger partial charge in [0, 0.05) is 0 Å². The summed E-state index contributed by atoms with van der Waals surface area (Å²) in [4.78, 5) is 12.3. The molecule has 2 aromatic carbocycles. The van der Waals surface area contributed by atoms with Crippen molar-refractivity contribution in [2.75, 3.05) is 0 Å². The molecule has 0 saturated heterocycles. The summed E-state index contributed by atoms with van der Waals surface area (Å²) < 4.78 is 34.4. The molecule has 0 unspecified atom stereocenters. The van der Waals surface area contributed by atoms with E-state index in [1.807, 2.05) is 12.1 Å². The van der Waals surface area contributed by atoms with Crippen molar-refractivity contribution < 1.29 is 18.3 Å². The second-order valence-corrected chi connectivity index (χ2v) is 8.02. The fourth-order valence-corrected chi connectivity index (χ4v) is 3.79. The second-order valence-electron chi connectivity index (χ2n) is 8.02. The molecule has 1 aliphatic carbocycles. The fourth-order valence-electron chi connectivity index (χ4n) is 3.79. The molecule has 0 radical (unpaired) electrons. The molecule has 0 heterocycles. The first-order chi connectivity index (χ1) is 15.5. The zero-order chi connectivity index (χ0) is 22.9. The number of benzene rings is 2. The first-order valence-corrected chi connectivity index (χ1v) is 11.1. The Morgan fingerprint density at radius 3 is 2.28 bits per heavy atom. The van der Waals surface area contributed by atoms with E-state index < -0.39 is 23.2 Å². The lowest BCUT2D eigenvalue weighted by molar-refractivity contribution is 0.0724. The Hall–Kier alpha value is -3.26. The van der Waals surface area contributed by atoms with Crippen LogP contribution in [0.1, 0.15) is 79.8 Å². The fraction of sp³-hybridized carbons (Fsp3) is 0.333. The molecule has 1 aliphatic rings. The minimum atomic E-state index is -1.11. The molecule has 0 bridgehead atoms. The smallest absolute Gasteiger partial charge is 0.349 e. The summed E-state index contributed by atoms with van der Waals surface area (Å²) >= 11 is 0. The van der Waals surface area contributed by atoms with E-state index in [1.54, 1.807) is 0 Å². The van der Waals surface area contributed by atoms with Gasteiger partial charge in [-0.1, -0.05) is 50.3 Å². The van der Waals surface area contributed by atoms with Gasteiger partial charge in [0.2, 0.25) is 0 Å². The molecule has 32 heavy (non-hydrogen) atoms. The third-order valence-corrected chi connectivity index (χ3v) is 5.65. The number of halogens is 2. The van der Waals surface area contributed by atoms with Crippen molar-refractivity contribution in [2.24, 2.45) is 0 Å². The van der Waals surface area contributed by atoms with Crippen LogP contribution in [0, 0.1) is 23.0 Å². The molecule has 0 fully saturated rings. The molecule has 0 atom stereocenters. The Bertz CT molecular complexity index is 1040. The van der Waals surface area contributed by atoms with Crippen molar-refractivity contribution in [1.29, 1.82) is 5.26 Å². The highest BCUT2D eigenvalue weighted by Crippen LogP contribution is 2.31. The van der Waals surface area contributed by atoms with E-state index in [-0.39, 0.29) is 5.75 Å². The third-order valence-electron chi connectivity index (χ3n) is 5.65. The normalized spacial score (nSPS) is 13.2. The Balaban J connectivity index is 1.67. The summed E-state index contributed by atoms with van der Waals surface area (Å²) in [7, 11) is 0. The van der Waals surface area contributed by atoms with Crippen LogP contribution >= 0.6 is 0 Å². The minimum Gasteiger partial charge on any atom is -0.423 e. The quantitative estimate of drug-likeness (QED) is 0.232. The van der Waals surface area contributed by atoms with Gasteiger partial charge < -0.3 is 4.74 Å². The number of ether oxygens (including phenoxy) is 1. The Labute approximate surface area is 188 Å². The maximum Gasteiger partial charge on any atom is 0.349 e. The molecule has 2 aromatic rings. The molecule has 5 heteroatoms. The number of allylic oxidation sites excluding steroid dienone is 4. The van der Waals surface area contributed by atoms with Gasteiger partial charge in [-0.25, -0.2) is 13.6 Å². The van der Waals surface area contributed by atoms with Crippen molar-refractivity contribution in [3.8, 4) is 11.8 Å². The van der Waals surface area contributed by atoms with Crippen LogP contribution in [0.15, 0.2) is 54.1 Å². The lowest BCUT2D eigenvalue weighted by Crippen LogP contribution is -2.14. The molecule has 3 nitrogen and oxygen atoms in total. The standard InChI is InChI=1S/C27H27F2NO2/c1-2-3-4-5-6-7-19-8-12-21(13-9-19)22-16-24(28)26(25(29)17-22)27(31)32-23-14-10-20(18-30)11-15-23/h8,10-12,14-17H,2-7,9,13H2,1H3. The molecule has 3 rings (SSSR count). The summed E-state index contributed by atoms with van der Waals surface area (Å²) in [6.07, 6.45) is 12.8. The van der Waals surface area contributed by atoms with Gasteiger partial charge in [0.15, 0.2) is 0 Å². The second kappa shape index (κ2) is 11.4. The highest BCUT2D eigenvalue weighted by atomic mass is 19.1. The third kappa shape index (κ3) is 6.13. The van der Waals surface area contributed by atoms with E-state index >= 15 is 0 Å². The number of hydrogen-bond donors (Lipinski definition) is 0. The zero-order valence-corrected chi connectivity index (χ0v) is 18.3. The van der Waals surface area contributed by atoms with Crippen LogP contribution in [-0.4, -0.2) is 5.97 Å². The molecular formula is C27H27F2NO2. The number of carbonyl (C=O) groups is 1. The molecule has 0 aliphatic heterocycles. The number of hydrogen-bond acceptors (Lipinski definition) is 3. The molecule has 0 aromatic heterocycles. The molecule has 166 valence electrons. The lowest BCUT2D eigenvalue weighted by Gasteiger charge is -2.16. The van der Waals surface area contributed by atoms with Crippen LogP contribution in [0.5, 0.6) is 5.75 Å². The maximum atomic E-state index is 14.7. The Kier molecular flexibility index (Phi) is 8.33. The molecule has 0 spiro atoms. The topological polar surface area (TPSA) is 50.1 Å². The van der Waals surface area contributed by atoms with Gasteiger partial charge >= 0.3 is 5.97 Å². The van der Waals surface area contributed by atoms with E-state index in [2.05, 4.69) is 13.0 Å². The molecule has 0 saturated carbocycles. The average molecular weight is 436 g/mol. The van der Waals surface area contributed by atoms with E-state index in [4.69, 9.17) is 10.00 Å². The van der Waals surface area contributed by atoms with Crippen molar-refractivity contribution in [2.45, 2.75) is 58.3 Å². The van der Waals surface area contributed by atoms with E-state index in [0.717, 1.165) is 18.4 Å². The Morgan fingerprint density at radius 1 is 1.00 bits per heavy atom. The van der Waals surface area contributed by atoms with Crippen molar-refractivity contribution in [3.05, 3.63) is 82.4 Å². The number of nitrogens with zero attached hydrogens (tertiary/aromatic N) is 1. The van der Waals surface area contributed by atoms with E-state index in [9.17, 15) is 13.6 Å².